The summed E-state index contributed by atoms with van der Waals surface area (Å²) in [4.78, 5) is 16.6. The monoisotopic (exact) mass is 383 g/mol. The standard InChI is InChI=1S/C21H21NO6/c1-5-27-19-11-13(6-8-17(19)25-3)10-15-21(23)28-20(22-15)14-7-9-16(24-2)18(12-14)26-4/h6-12H,5H2,1-4H3. The third kappa shape index (κ3) is 3.93. The zero-order chi connectivity index (χ0) is 20.1. The largest absolute Gasteiger partial charge is 0.493 e. The third-order valence-corrected chi connectivity index (χ3v) is 4.04. The summed E-state index contributed by atoms with van der Waals surface area (Å²) in [6, 6.07) is 10.5. The maximum Gasteiger partial charge on any atom is 0.363 e. The summed E-state index contributed by atoms with van der Waals surface area (Å²) < 4.78 is 26.7. The summed E-state index contributed by atoms with van der Waals surface area (Å²) >= 11 is 0. The SMILES string of the molecule is CCOc1cc(C=C2N=C(c3ccc(OC)c(OC)c3)OC2=O)ccc1OC. The summed E-state index contributed by atoms with van der Waals surface area (Å²) in [6.45, 7) is 2.39. The molecule has 0 saturated heterocycles. The molecule has 0 amide bonds. The fourth-order valence-corrected chi connectivity index (χ4v) is 2.71. The number of benzene rings is 2. The number of methoxy groups -OCH3 is 3. The van der Waals surface area contributed by atoms with Gasteiger partial charge in [-0.05, 0) is 48.9 Å². The van der Waals surface area contributed by atoms with Crippen molar-refractivity contribution < 1.29 is 28.5 Å². The second-order valence-electron chi connectivity index (χ2n) is 5.75. The molecule has 1 aliphatic rings. The van der Waals surface area contributed by atoms with Crippen molar-refractivity contribution in [2.45, 2.75) is 6.92 Å². The molecule has 146 valence electrons. The minimum absolute atomic E-state index is 0.192. The van der Waals surface area contributed by atoms with Gasteiger partial charge in [0.25, 0.3) is 0 Å². The first-order valence-electron chi connectivity index (χ1n) is 8.65. The highest BCUT2D eigenvalue weighted by atomic mass is 16.6. The summed E-state index contributed by atoms with van der Waals surface area (Å²) in [5.74, 6) is 1.98. The van der Waals surface area contributed by atoms with Crippen LogP contribution in [0.15, 0.2) is 47.1 Å². The van der Waals surface area contributed by atoms with Crippen molar-refractivity contribution in [1.29, 1.82) is 0 Å². The number of carbonyl (C=O) groups excluding carboxylic acids is 1. The maximum atomic E-state index is 12.3. The predicted molar refractivity (Wildman–Crippen MR) is 104 cm³/mol. The van der Waals surface area contributed by atoms with E-state index >= 15 is 0 Å². The Kier molecular flexibility index (Phi) is 5.84. The van der Waals surface area contributed by atoms with E-state index in [1.54, 1.807) is 50.6 Å². The number of ether oxygens (including phenoxy) is 5. The Morgan fingerprint density at radius 1 is 0.929 bits per heavy atom. The highest BCUT2D eigenvalue weighted by molar-refractivity contribution is 6.13. The van der Waals surface area contributed by atoms with Crippen molar-refractivity contribution in [3.8, 4) is 23.0 Å². The van der Waals surface area contributed by atoms with Gasteiger partial charge in [-0.2, -0.15) is 0 Å². The van der Waals surface area contributed by atoms with Gasteiger partial charge in [-0.1, -0.05) is 6.07 Å². The number of hydrogen-bond donors (Lipinski definition) is 0. The summed E-state index contributed by atoms with van der Waals surface area (Å²) in [7, 11) is 4.66. The number of esters is 1. The molecule has 0 atom stereocenters. The molecular formula is C21H21NO6. The number of cyclic esters (lactones) is 1. The third-order valence-electron chi connectivity index (χ3n) is 4.04. The zero-order valence-corrected chi connectivity index (χ0v) is 16.1. The number of rotatable bonds is 7. The Morgan fingerprint density at radius 3 is 2.29 bits per heavy atom. The Bertz CT molecular complexity index is 948. The van der Waals surface area contributed by atoms with Gasteiger partial charge in [-0.15, -0.1) is 0 Å². The number of carbonyl (C=O) groups is 1. The fourth-order valence-electron chi connectivity index (χ4n) is 2.71. The Hall–Kier alpha value is -3.48. The van der Waals surface area contributed by atoms with Gasteiger partial charge in [0.2, 0.25) is 5.90 Å². The number of nitrogens with zero attached hydrogens (tertiary/aromatic N) is 1. The van der Waals surface area contributed by atoms with Crippen molar-refractivity contribution >= 4 is 17.9 Å². The molecule has 7 nitrogen and oxygen atoms in total. The zero-order valence-electron chi connectivity index (χ0n) is 16.1. The van der Waals surface area contributed by atoms with Crippen LogP contribution in [0, 0.1) is 0 Å². The molecule has 0 unspecified atom stereocenters. The predicted octanol–water partition coefficient (Wildman–Crippen LogP) is 3.46. The molecule has 3 rings (SSSR count). The molecule has 0 bridgehead atoms. The van der Waals surface area contributed by atoms with Crippen molar-refractivity contribution in [1.82, 2.24) is 0 Å². The lowest BCUT2D eigenvalue weighted by Crippen LogP contribution is -2.06. The molecule has 0 radical (unpaired) electrons. The molecule has 7 heteroatoms. The molecule has 0 spiro atoms. The molecule has 0 N–H and O–H groups in total. The van der Waals surface area contributed by atoms with Crippen LogP contribution in [0.1, 0.15) is 18.1 Å². The van der Waals surface area contributed by atoms with E-state index in [9.17, 15) is 4.79 Å². The van der Waals surface area contributed by atoms with Crippen LogP contribution < -0.4 is 18.9 Å². The number of hydrogen-bond acceptors (Lipinski definition) is 7. The van der Waals surface area contributed by atoms with E-state index in [-0.39, 0.29) is 11.6 Å². The summed E-state index contributed by atoms with van der Waals surface area (Å²) in [5, 5.41) is 0. The van der Waals surface area contributed by atoms with Crippen LogP contribution in [-0.4, -0.2) is 39.8 Å². The van der Waals surface area contributed by atoms with Gasteiger partial charge < -0.3 is 23.7 Å². The Balaban J connectivity index is 1.93. The van der Waals surface area contributed by atoms with Gasteiger partial charge in [-0.25, -0.2) is 9.79 Å². The highest BCUT2D eigenvalue weighted by Crippen LogP contribution is 2.31. The van der Waals surface area contributed by atoms with E-state index in [1.807, 2.05) is 13.0 Å². The minimum Gasteiger partial charge on any atom is -0.493 e. The lowest BCUT2D eigenvalue weighted by molar-refractivity contribution is -0.129. The first-order valence-corrected chi connectivity index (χ1v) is 8.65. The molecular weight excluding hydrogens is 362 g/mol. The molecule has 1 heterocycles. The van der Waals surface area contributed by atoms with E-state index in [0.29, 0.717) is 35.2 Å². The van der Waals surface area contributed by atoms with Crippen molar-refractivity contribution in [3.63, 3.8) is 0 Å². The van der Waals surface area contributed by atoms with Crippen LogP contribution in [0.4, 0.5) is 0 Å². The lowest BCUT2D eigenvalue weighted by Gasteiger charge is -2.09. The van der Waals surface area contributed by atoms with E-state index in [0.717, 1.165) is 5.56 Å². The van der Waals surface area contributed by atoms with Crippen molar-refractivity contribution in [2.24, 2.45) is 4.99 Å². The van der Waals surface area contributed by atoms with Gasteiger partial charge in [0.15, 0.2) is 28.7 Å². The summed E-state index contributed by atoms with van der Waals surface area (Å²) in [5.41, 5.74) is 1.55. The van der Waals surface area contributed by atoms with Gasteiger partial charge >= 0.3 is 5.97 Å². The highest BCUT2D eigenvalue weighted by Gasteiger charge is 2.25. The second-order valence-corrected chi connectivity index (χ2v) is 5.75. The van der Waals surface area contributed by atoms with Gasteiger partial charge in [0.05, 0.1) is 27.9 Å². The topological polar surface area (TPSA) is 75.6 Å². The van der Waals surface area contributed by atoms with Crippen molar-refractivity contribution in [2.75, 3.05) is 27.9 Å². The average Bonchev–Trinajstić information content (AvgIpc) is 3.08. The molecule has 1 aliphatic heterocycles. The molecule has 0 fully saturated rings. The molecule has 2 aromatic rings. The van der Waals surface area contributed by atoms with Crippen LogP contribution in [0.5, 0.6) is 23.0 Å². The van der Waals surface area contributed by atoms with Crippen LogP contribution in [-0.2, 0) is 9.53 Å². The van der Waals surface area contributed by atoms with Crippen LogP contribution in [0.2, 0.25) is 0 Å². The Labute approximate surface area is 163 Å². The second kappa shape index (κ2) is 8.47. The fraction of sp³-hybridized carbons (Fsp3) is 0.238. The molecule has 28 heavy (non-hydrogen) atoms. The van der Waals surface area contributed by atoms with E-state index in [1.165, 1.54) is 7.11 Å². The molecule has 0 aliphatic carbocycles. The van der Waals surface area contributed by atoms with Crippen LogP contribution in [0.3, 0.4) is 0 Å². The number of aliphatic imine (C=N–C) groups is 1. The van der Waals surface area contributed by atoms with E-state index in [4.69, 9.17) is 23.7 Å². The van der Waals surface area contributed by atoms with Crippen molar-refractivity contribution in [3.05, 3.63) is 53.2 Å². The van der Waals surface area contributed by atoms with Gasteiger partial charge in [-0.3, -0.25) is 0 Å². The first-order chi connectivity index (χ1) is 13.6. The lowest BCUT2D eigenvalue weighted by atomic mass is 10.1. The average molecular weight is 383 g/mol. The quantitative estimate of drug-likeness (QED) is 0.538. The van der Waals surface area contributed by atoms with Gasteiger partial charge in [0.1, 0.15) is 0 Å². The minimum atomic E-state index is -0.529. The van der Waals surface area contributed by atoms with Gasteiger partial charge in [0, 0.05) is 5.56 Å². The maximum absolute atomic E-state index is 12.3. The summed E-state index contributed by atoms with van der Waals surface area (Å²) in [6.07, 6.45) is 1.64. The molecule has 2 aromatic carbocycles. The van der Waals surface area contributed by atoms with E-state index < -0.39 is 5.97 Å². The van der Waals surface area contributed by atoms with Crippen LogP contribution >= 0.6 is 0 Å². The smallest absolute Gasteiger partial charge is 0.363 e. The molecule has 0 saturated carbocycles. The Morgan fingerprint density at radius 2 is 1.61 bits per heavy atom. The van der Waals surface area contributed by atoms with E-state index in [2.05, 4.69) is 4.99 Å². The first kappa shape index (κ1) is 19.3. The normalized spacial score (nSPS) is 14.5. The van der Waals surface area contributed by atoms with Crippen LogP contribution in [0.25, 0.3) is 6.08 Å². The molecule has 0 aromatic heterocycles.